The number of aliphatic hydroxyl groups excluding tert-OH is 1. The van der Waals surface area contributed by atoms with Crippen molar-refractivity contribution in [3.8, 4) is 0 Å². The molecule has 0 spiro atoms. The van der Waals surface area contributed by atoms with E-state index in [1.165, 1.54) is 4.90 Å². The normalized spacial score (nSPS) is 12.6. The number of hydrogen-bond acceptors (Lipinski definition) is 3. The van der Waals surface area contributed by atoms with Crippen LogP contribution >= 0.6 is 0 Å². The van der Waals surface area contributed by atoms with Gasteiger partial charge in [-0.3, -0.25) is 9.48 Å². The summed E-state index contributed by atoms with van der Waals surface area (Å²) >= 11 is 0. The van der Waals surface area contributed by atoms with Gasteiger partial charge in [0.05, 0.1) is 11.8 Å². The molecule has 1 atom stereocenters. The second kappa shape index (κ2) is 5.12. The first-order valence-corrected chi connectivity index (χ1v) is 5.42. The van der Waals surface area contributed by atoms with Gasteiger partial charge in [-0.2, -0.15) is 5.10 Å². The zero-order valence-corrected chi connectivity index (χ0v) is 10.3. The van der Waals surface area contributed by atoms with Gasteiger partial charge in [-0.15, -0.1) is 0 Å². The summed E-state index contributed by atoms with van der Waals surface area (Å²) in [5.41, 5.74) is 1.45. The van der Waals surface area contributed by atoms with Gasteiger partial charge in [-0.05, 0) is 19.4 Å². The van der Waals surface area contributed by atoms with Gasteiger partial charge < -0.3 is 10.0 Å². The molecule has 1 N–H and O–H groups in total. The molecule has 0 radical (unpaired) electrons. The summed E-state index contributed by atoms with van der Waals surface area (Å²) in [6, 6.07) is 1.79. The van der Waals surface area contributed by atoms with Crippen molar-refractivity contribution in [1.29, 1.82) is 0 Å². The van der Waals surface area contributed by atoms with Crippen molar-refractivity contribution in [2.24, 2.45) is 7.05 Å². The fourth-order valence-electron chi connectivity index (χ4n) is 1.57. The Morgan fingerprint density at radius 1 is 1.69 bits per heavy atom. The highest BCUT2D eigenvalue weighted by Gasteiger charge is 2.17. The topological polar surface area (TPSA) is 58.4 Å². The number of rotatable bonds is 4. The number of hydrogen-bond donors (Lipinski definition) is 1. The molecule has 0 fully saturated rings. The molecule has 1 unspecified atom stereocenters. The molecule has 0 aliphatic heterocycles. The number of carbonyl (C=O) groups is 1. The maximum Gasteiger partial charge on any atom is 0.271 e. The largest absolute Gasteiger partial charge is 0.392 e. The molecule has 0 saturated heterocycles. The van der Waals surface area contributed by atoms with Crippen LogP contribution in [0.25, 0.3) is 0 Å². The third-order valence-electron chi connectivity index (χ3n) is 2.40. The van der Waals surface area contributed by atoms with Crippen molar-refractivity contribution in [2.75, 3.05) is 13.6 Å². The first-order valence-electron chi connectivity index (χ1n) is 5.42. The summed E-state index contributed by atoms with van der Waals surface area (Å²) in [6.45, 7) is 3.98. The van der Waals surface area contributed by atoms with Crippen LogP contribution in [0.5, 0.6) is 0 Å². The number of aryl methyl sites for hydroxylation is 2. The predicted molar refractivity (Wildman–Crippen MR) is 61.2 cm³/mol. The summed E-state index contributed by atoms with van der Waals surface area (Å²) in [5.74, 6) is -0.115. The van der Waals surface area contributed by atoms with Crippen LogP contribution in [-0.4, -0.2) is 45.4 Å². The average Bonchev–Trinajstić information content (AvgIpc) is 2.57. The van der Waals surface area contributed by atoms with Crippen molar-refractivity contribution in [2.45, 2.75) is 26.4 Å². The van der Waals surface area contributed by atoms with E-state index in [4.69, 9.17) is 0 Å². The lowest BCUT2D eigenvalue weighted by Gasteiger charge is -2.18. The maximum atomic E-state index is 12.0. The van der Waals surface area contributed by atoms with Gasteiger partial charge in [-0.1, -0.05) is 6.92 Å². The van der Waals surface area contributed by atoms with Gasteiger partial charge >= 0.3 is 0 Å². The predicted octanol–water partition coefficient (Wildman–Crippen LogP) is 0.435. The highest BCUT2D eigenvalue weighted by molar-refractivity contribution is 5.92. The zero-order chi connectivity index (χ0) is 12.3. The second-order valence-electron chi connectivity index (χ2n) is 4.03. The Morgan fingerprint density at radius 2 is 2.31 bits per heavy atom. The standard InChI is InChI=1S/C11H19N3O2/c1-5-9-6-10(14(4)12-9)11(16)13(3)7-8(2)15/h6,8,15H,5,7H2,1-4H3. The van der Waals surface area contributed by atoms with Gasteiger partial charge in [0.1, 0.15) is 5.69 Å². The Labute approximate surface area is 95.7 Å². The molecule has 1 amide bonds. The minimum absolute atomic E-state index is 0.115. The Hall–Kier alpha value is -1.36. The van der Waals surface area contributed by atoms with E-state index < -0.39 is 6.10 Å². The Kier molecular flexibility index (Phi) is 4.06. The molecular formula is C11H19N3O2. The Balaban J connectivity index is 2.83. The lowest BCUT2D eigenvalue weighted by atomic mass is 10.2. The molecule has 16 heavy (non-hydrogen) atoms. The number of aromatic nitrogens is 2. The van der Waals surface area contributed by atoms with E-state index in [0.717, 1.165) is 12.1 Å². The number of carbonyl (C=O) groups excluding carboxylic acids is 1. The van der Waals surface area contributed by atoms with Crippen molar-refractivity contribution >= 4 is 5.91 Å². The molecule has 90 valence electrons. The summed E-state index contributed by atoms with van der Waals surface area (Å²) in [4.78, 5) is 13.5. The summed E-state index contributed by atoms with van der Waals surface area (Å²) in [7, 11) is 3.43. The summed E-state index contributed by atoms with van der Waals surface area (Å²) in [5, 5.41) is 13.4. The van der Waals surface area contributed by atoms with Crippen LogP contribution in [0.4, 0.5) is 0 Å². The SMILES string of the molecule is CCc1cc(C(=O)N(C)CC(C)O)n(C)n1. The van der Waals surface area contributed by atoms with Gasteiger partial charge in [0.2, 0.25) is 0 Å². The maximum absolute atomic E-state index is 12.0. The van der Waals surface area contributed by atoms with Gasteiger partial charge in [0.15, 0.2) is 0 Å². The molecule has 0 bridgehead atoms. The molecule has 0 saturated carbocycles. The van der Waals surface area contributed by atoms with Gasteiger partial charge in [-0.25, -0.2) is 0 Å². The minimum Gasteiger partial charge on any atom is -0.392 e. The lowest BCUT2D eigenvalue weighted by molar-refractivity contribution is 0.0693. The molecule has 1 heterocycles. The highest BCUT2D eigenvalue weighted by atomic mass is 16.3. The summed E-state index contributed by atoms with van der Waals surface area (Å²) in [6.07, 6.45) is 0.286. The van der Waals surface area contributed by atoms with Crippen LogP contribution in [-0.2, 0) is 13.5 Å². The van der Waals surface area contributed by atoms with Crippen molar-refractivity contribution in [3.63, 3.8) is 0 Å². The van der Waals surface area contributed by atoms with Crippen LogP contribution in [0, 0.1) is 0 Å². The van der Waals surface area contributed by atoms with E-state index in [2.05, 4.69) is 5.10 Å². The molecule has 5 nitrogen and oxygen atoms in total. The number of nitrogens with zero attached hydrogens (tertiary/aromatic N) is 3. The third kappa shape index (κ3) is 2.82. The fourth-order valence-corrected chi connectivity index (χ4v) is 1.57. The van der Waals surface area contributed by atoms with Crippen molar-refractivity contribution in [1.82, 2.24) is 14.7 Å². The number of aliphatic hydroxyl groups is 1. The van der Waals surface area contributed by atoms with Crippen molar-refractivity contribution in [3.05, 3.63) is 17.5 Å². The Bertz CT molecular complexity index is 371. The van der Waals surface area contributed by atoms with Crippen LogP contribution < -0.4 is 0 Å². The molecule has 0 aromatic carbocycles. The Morgan fingerprint density at radius 3 is 2.75 bits per heavy atom. The lowest BCUT2D eigenvalue weighted by Crippen LogP contribution is -2.34. The first-order chi connectivity index (χ1) is 7.45. The molecule has 1 rings (SSSR count). The van der Waals surface area contributed by atoms with Gasteiger partial charge in [0.25, 0.3) is 5.91 Å². The van der Waals surface area contributed by atoms with Crippen LogP contribution in [0.3, 0.4) is 0 Å². The molecular weight excluding hydrogens is 206 g/mol. The zero-order valence-electron chi connectivity index (χ0n) is 10.3. The quantitative estimate of drug-likeness (QED) is 0.808. The molecule has 0 aliphatic carbocycles. The highest BCUT2D eigenvalue weighted by Crippen LogP contribution is 2.07. The van der Waals surface area contributed by atoms with Crippen LogP contribution in [0.1, 0.15) is 30.0 Å². The van der Waals surface area contributed by atoms with Crippen molar-refractivity contribution < 1.29 is 9.90 Å². The molecule has 1 aromatic rings. The van der Waals surface area contributed by atoms with E-state index in [-0.39, 0.29) is 5.91 Å². The molecule has 1 aromatic heterocycles. The monoisotopic (exact) mass is 225 g/mol. The van der Waals surface area contributed by atoms with Crippen LogP contribution in [0.15, 0.2) is 6.07 Å². The smallest absolute Gasteiger partial charge is 0.271 e. The third-order valence-corrected chi connectivity index (χ3v) is 2.40. The average molecular weight is 225 g/mol. The number of likely N-dealkylation sites (N-methyl/N-ethyl adjacent to an activating group) is 1. The number of amides is 1. The van der Waals surface area contributed by atoms with E-state index >= 15 is 0 Å². The minimum atomic E-state index is -0.521. The van der Waals surface area contributed by atoms with Crippen LogP contribution in [0.2, 0.25) is 0 Å². The first kappa shape index (κ1) is 12.7. The fraction of sp³-hybridized carbons (Fsp3) is 0.636. The van der Waals surface area contributed by atoms with E-state index in [9.17, 15) is 9.90 Å². The van der Waals surface area contributed by atoms with E-state index in [1.54, 1.807) is 31.8 Å². The summed E-state index contributed by atoms with van der Waals surface area (Å²) < 4.78 is 1.58. The molecule has 5 heteroatoms. The van der Waals surface area contributed by atoms with E-state index in [0.29, 0.717) is 12.2 Å². The second-order valence-corrected chi connectivity index (χ2v) is 4.03. The van der Waals surface area contributed by atoms with E-state index in [1.807, 2.05) is 6.92 Å². The van der Waals surface area contributed by atoms with Gasteiger partial charge in [0, 0.05) is 20.6 Å². The molecule has 0 aliphatic rings.